The molecule has 0 spiro atoms. The van der Waals surface area contributed by atoms with Gasteiger partial charge in [0.25, 0.3) is 5.69 Å². The van der Waals surface area contributed by atoms with Crippen LogP contribution in [0.25, 0.3) is 0 Å². The maximum absolute atomic E-state index is 11.0. The van der Waals surface area contributed by atoms with E-state index in [1.807, 2.05) is 13.0 Å². The third-order valence-corrected chi connectivity index (χ3v) is 3.09. The highest BCUT2D eigenvalue weighted by Crippen LogP contribution is 2.31. The molecule has 0 bridgehead atoms. The Bertz CT molecular complexity index is 705. The molecule has 6 nitrogen and oxygen atoms in total. The molecule has 2 aromatic rings. The number of phenols is 1. The number of phenolic OH excluding ortho intramolecular Hbond substituents is 1. The molecule has 1 atom stereocenters. The molecule has 0 amide bonds. The SMILES string of the molecule is CC(Nc1ccc(O)cc1[N+](=O)[O-])c1ccc(C#N)cc1. The first kappa shape index (κ1) is 14.3. The molecule has 0 saturated heterocycles. The summed E-state index contributed by atoms with van der Waals surface area (Å²) in [7, 11) is 0. The quantitative estimate of drug-likeness (QED) is 0.509. The third kappa shape index (κ3) is 3.28. The summed E-state index contributed by atoms with van der Waals surface area (Å²) in [5.41, 5.74) is 1.60. The summed E-state index contributed by atoms with van der Waals surface area (Å²) in [6.07, 6.45) is 0. The Labute approximate surface area is 121 Å². The Balaban J connectivity index is 2.24. The molecule has 0 heterocycles. The number of nitro benzene ring substituents is 1. The first-order valence-corrected chi connectivity index (χ1v) is 6.25. The molecular weight excluding hydrogens is 270 g/mol. The van der Waals surface area contributed by atoms with Gasteiger partial charge in [-0.15, -0.1) is 0 Å². The highest BCUT2D eigenvalue weighted by molar-refractivity contribution is 5.64. The number of aromatic hydroxyl groups is 1. The summed E-state index contributed by atoms with van der Waals surface area (Å²) in [6.45, 7) is 1.86. The predicted molar refractivity (Wildman–Crippen MR) is 78.0 cm³/mol. The summed E-state index contributed by atoms with van der Waals surface area (Å²) >= 11 is 0. The van der Waals surface area contributed by atoms with Crippen molar-refractivity contribution in [3.63, 3.8) is 0 Å². The van der Waals surface area contributed by atoms with Crippen molar-refractivity contribution in [3.05, 3.63) is 63.7 Å². The van der Waals surface area contributed by atoms with Gasteiger partial charge in [0.1, 0.15) is 11.4 Å². The number of benzene rings is 2. The highest BCUT2D eigenvalue weighted by atomic mass is 16.6. The Morgan fingerprint density at radius 2 is 1.95 bits per heavy atom. The monoisotopic (exact) mass is 283 g/mol. The van der Waals surface area contributed by atoms with Crippen LogP contribution in [0, 0.1) is 21.4 Å². The first-order chi connectivity index (χ1) is 10.0. The molecule has 2 aromatic carbocycles. The fraction of sp³-hybridized carbons (Fsp3) is 0.133. The van der Waals surface area contributed by atoms with Crippen molar-refractivity contribution >= 4 is 11.4 Å². The number of nitro groups is 1. The molecule has 0 aliphatic heterocycles. The summed E-state index contributed by atoms with van der Waals surface area (Å²) in [5.74, 6) is -0.154. The van der Waals surface area contributed by atoms with Crippen LogP contribution in [-0.2, 0) is 0 Å². The number of hydrogen-bond donors (Lipinski definition) is 2. The largest absolute Gasteiger partial charge is 0.508 e. The number of nitrogens with one attached hydrogen (secondary N) is 1. The van der Waals surface area contributed by atoms with Crippen molar-refractivity contribution in [2.24, 2.45) is 0 Å². The standard InChI is InChI=1S/C15H13N3O3/c1-10(12-4-2-11(9-16)3-5-12)17-14-7-6-13(19)8-15(14)18(20)21/h2-8,10,17,19H,1H3. The number of hydrogen-bond acceptors (Lipinski definition) is 5. The Morgan fingerprint density at radius 3 is 2.52 bits per heavy atom. The van der Waals surface area contributed by atoms with Gasteiger partial charge in [-0.1, -0.05) is 12.1 Å². The molecule has 0 aliphatic carbocycles. The minimum absolute atomic E-state index is 0.154. The molecular formula is C15H13N3O3. The maximum atomic E-state index is 11.0. The van der Waals surface area contributed by atoms with E-state index in [4.69, 9.17) is 5.26 Å². The summed E-state index contributed by atoms with van der Waals surface area (Å²) < 4.78 is 0. The molecule has 0 fully saturated rings. The minimum Gasteiger partial charge on any atom is -0.508 e. The number of nitrogens with zero attached hydrogens (tertiary/aromatic N) is 2. The van der Waals surface area contributed by atoms with Gasteiger partial charge in [-0.25, -0.2) is 0 Å². The second-order valence-electron chi connectivity index (χ2n) is 4.56. The van der Waals surface area contributed by atoms with Crippen molar-refractivity contribution in [1.82, 2.24) is 0 Å². The Hall–Kier alpha value is -3.07. The maximum Gasteiger partial charge on any atom is 0.296 e. The van der Waals surface area contributed by atoms with E-state index >= 15 is 0 Å². The van der Waals surface area contributed by atoms with E-state index < -0.39 is 4.92 Å². The van der Waals surface area contributed by atoms with E-state index in [1.165, 1.54) is 12.1 Å². The van der Waals surface area contributed by atoms with Gasteiger partial charge in [0.15, 0.2) is 0 Å². The van der Waals surface area contributed by atoms with Crippen molar-refractivity contribution in [1.29, 1.82) is 5.26 Å². The van der Waals surface area contributed by atoms with Crippen LogP contribution in [0.5, 0.6) is 5.75 Å². The van der Waals surface area contributed by atoms with Crippen LogP contribution in [0.3, 0.4) is 0 Å². The molecule has 21 heavy (non-hydrogen) atoms. The van der Waals surface area contributed by atoms with Gasteiger partial charge in [-0.3, -0.25) is 10.1 Å². The third-order valence-electron chi connectivity index (χ3n) is 3.09. The van der Waals surface area contributed by atoms with Crippen molar-refractivity contribution < 1.29 is 10.0 Å². The zero-order valence-electron chi connectivity index (χ0n) is 11.3. The van der Waals surface area contributed by atoms with Gasteiger partial charge in [0.05, 0.1) is 22.6 Å². The average Bonchev–Trinajstić information content (AvgIpc) is 2.49. The van der Waals surface area contributed by atoms with E-state index in [0.29, 0.717) is 11.3 Å². The molecule has 2 rings (SSSR count). The summed E-state index contributed by atoms with van der Waals surface area (Å²) in [5, 5.41) is 32.1. The fourth-order valence-corrected chi connectivity index (χ4v) is 1.96. The van der Waals surface area contributed by atoms with Gasteiger partial charge in [0, 0.05) is 6.04 Å². The summed E-state index contributed by atoms with van der Waals surface area (Å²) in [4.78, 5) is 10.4. The number of rotatable bonds is 4. The number of anilines is 1. The molecule has 0 aromatic heterocycles. The minimum atomic E-state index is -0.548. The van der Waals surface area contributed by atoms with Gasteiger partial charge in [0.2, 0.25) is 0 Å². The lowest BCUT2D eigenvalue weighted by Gasteiger charge is -2.16. The molecule has 0 aliphatic rings. The molecule has 2 N–H and O–H groups in total. The lowest BCUT2D eigenvalue weighted by molar-refractivity contribution is -0.384. The van der Waals surface area contributed by atoms with Crippen LogP contribution in [0.15, 0.2) is 42.5 Å². The van der Waals surface area contributed by atoms with Gasteiger partial charge in [-0.05, 0) is 36.8 Å². The molecule has 6 heteroatoms. The lowest BCUT2D eigenvalue weighted by Crippen LogP contribution is -2.08. The van der Waals surface area contributed by atoms with Crippen LogP contribution in [0.1, 0.15) is 24.1 Å². The molecule has 1 unspecified atom stereocenters. The normalized spacial score (nSPS) is 11.4. The van der Waals surface area contributed by atoms with E-state index in [1.54, 1.807) is 24.3 Å². The smallest absolute Gasteiger partial charge is 0.296 e. The zero-order chi connectivity index (χ0) is 15.4. The van der Waals surface area contributed by atoms with Crippen molar-refractivity contribution in [2.75, 3.05) is 5.32 Å². The van der Waals surface area contributed by atoms with E-state index in [2.05, 4.69) is 5.32 Å². The van der Waals surface area contributed by atoms with Gasteiger partial charge in [-0.2, -0.15) is 5.26 Å². The zero-order valence-corrected chi connectivity index (χ0v) is 11.3. The summed E-state index contributed by atoms with van der Waals surface area (Å²) in [6, 6.07) is 12.8. The van der Waals surface area contributed by atoms with Gasteiger partial charge >= 0.3 is 0 Å². The molecule has 106 valence electrons. The highest BCUT2D eigenvalue weighted by Gasteiger charge is 2.16. The predicted octanol–water partition coefficient (Wildman–Crippen LogP) is 3.35. The van der Waals surface area contributed by atoms with Crippen LogP contribution in [-0.4, -0.2) is 10.0 Å². The van der Waals surface area contributed by atoms with Crippen LogP contribution < -0.4 is 5.32 Å². The van der Waals surface area contributed by atoms with Crippen LogP contribution in [0.2, 0.25) is 0 Å². The Morgan fingerprint density at radius 1 is 1.29 bits per heavy atom. The average molecular weight is 283 g/mol. The second-order valence-corrected chi connectivity index (χ2v) is 4.56. The van der Waals surface area contributed by atoms with E-state index in [9.17, 15) is 15.2 Å². The van der Waals surface area contributed by atoms with Gasteiger partial charge < -0.3 is 10.4 Å². The Kier molecular flexibility index (Phi) is 4.05. The van der Waals surface area contributed by atoms with Crippen molar-refractivity contribution in [2.45, 2.75) is 13.0 Å². The lowest BCUT2D eigenvalue weighted by atomic mass is 10.1. The van der Waals surface area contributed by atoms with Crippen LogP contribution >= 0.6 is 0 Å². The fourth-order valence-electron chi connectivity index (χ4n) is 1.96. The number of nitriles is 1. The van der Waals surface area contributed by atoms with Crippen LogP contribution in [0.4, 0.5) is 11.4 Å². The molecule has 0 radical (unpaired) electrons. The second kappa shape index (κ2) is 5.92. The first-order valence-electron chi connectivity index (χ1n) is 6.25. The van der Waals surface area contributed by atoms with Crippen molar-refractivity contribution in [3.8, 4) is 11.8 Å². The van der Waals surface area contributed by atoms with E-state index in [0.717, 1.165) is 11.6 Å². The molecule has 0 saturated carbocycles. The topological polar surface area (TPSA) is 99.2 Å². The van der Waals surface area contributed by atoms with E-state index in [-0.39, 0.29) is 17.5 Å².